The summed E-state index contributed by atoms with van der Waals surface area (Å²) in [6.07, 6.45) is 2.38. The topological polar surface area (TPSA) is 44.5 Å². The Hall–Kier alpha value is -1.13. The first-order valence-corrected chi connectivity index (χ1v) is 6.22. The normalized spacial score (nSPS) is 19.2. The Morgan fingerprint density at radius 2 is 2.41 bits per heavy atom. The van der Waals surface area contributed by atoms with Gasteiger partial charge in [-0.25, -0.2) is 0 Å². The van der Waals surface area contributed by atoms with Gasteiger partial charge in [0.2, 0.25) is 0 Å². The second kappa shape index (κ2) is 5.47. The van der Waals surface area contributed by atoms with Crippen molar-refractivity contribution >= 4 is 17.2 Å². The molecular formula is C13H17NO2S. The number of thiocarbonyl (C=S) groups is 1. The van der Waals surface area contributed by atoms with Crippen LogP contribution in [0.2, 0.25) is 0 Å². The summed E-state index contributed by atoms with van der Waals surface area (Å²) in [6.45, 7) is 3.42. The summed E-state index contributed by atoms with van der Waals surface area (Å²) in [4.78, 5) is 0.368. The molecule has 1 aromatic rings. The molecule has 3 nitrogen and oxygen atoms in total. The highest BCUT2D eigenvalue weighted by atomic mass is 32.1. The van der Waals surface area contributed by atoms with Gasteiger partial charge in [-0.2, -0.15) is 0 Å². The van der Waals surface area contributed by atoms with Crippen LogP contribution >= 0.6 is 12.2 Å². The fraction of sp³-hybridized carbons (Fsp3) is 0.462. The predicted octanol–water partition coefficient (Wildman–Crippen LogP) is 2.19. The third-order valence-electron chi connectivity index (χ3n) is 2.85. The molecule has 1 saturated heterocycles. The molecule has 0 spiro atoms. The lowest BCUT2D eigenvalue weighted by molar-refractivity contribution is 0.0679. The first-order valence-electron chi connectivity index (χ1n) is 5.81. The van der Waals surface area contributed by atoms with Crippen molar-refractivity contribution in [3.8, 4) is 5.75 Å². The largest absolute Gasteiger partial charge is 0.490 e. The zero-order valence-corrected chi connectivity index (χ0v) is 10.8. The number of benzene rings is 1. The average Bonchev–Trinajstić information content (AvgIpc) is 2.78. The standard InChI is InChI=1S/C13H17NO2S/c1-9-4-5-11(13(14)17)12(7-9)16-8-10-3-2-6-15-10/h4-5,7,10H,2-3,6,8H2,1H3,(H2,14,17). The number of hydrogen-bond donors (Lipinski definition) is 1. The monoisotopic (exact) mass is 251 g/mol. The molecule has 0 radical (unpaired) electrons. The Morgan fingerprint density at radius 3 is 3.06 bits per heavy atom. The zero-order chi connectivity index (χ0) is 12.3. The number of nitrogens with two attached hydrogens (primary N) is 1. The lowest BCUT2D eigenvalue weighted by Gasteiger charge is -2.14. The van der Waals surface area contributed by atoms with E-state index in [0.717, 1.165) is 36.3 Å². The molecule has 2 rings (SSSR count). The predicted molar refractivity (Wildman–Crippen MR) is 71.5 cm³/mol. The van der Waals surface area contributed by atoms with E-state index < -0.39 is 0 Å². The number of hydrogen-bond acceptors (Lipinski definition) is 3. The molecule has 1 heterocycles. The Morgan fingerprint density at radius 1 is 1.59 bits per heavy atom. The smallest absolute Gasteiger partial charge is 0.129 e. The molecule has 0 saturated carbocycles. The Kier molecular flexibility index (Phi) is 3.97. The van der Waals surface area contributed by atoms with Crippen LogP contribution in [0.15, 0.2) is 18.2 Å². The molecule has 92 valence electrons. The summed E-state index contributed by atoms with van der Waals surface area (Å²) in [6, 6.07) is 5.85. The Labute approximate surface area is 107 Å². The van der Waals surface area contributed by atoms with Crippen LogP contribution in [0, 0.1) is 6.92 Å². The van der Waals surface area contributed by atoms with Gasteiger partial charge in [-0.3, -0.25) is 0 Å². The van der Waals surface area contributed by atoms with Gasteiger partial charge in [0.1, 0.15) is 17.3 Å². The van der Waals surface area contributed by atoms with Crippen molar-refractivity contribution < 1.29 is 9.47 Å². The molecule has 17 heavy (non-hydrogen) atoms. The maximum absolute atomic E-state index is 5.77. The van der Waals surface area contributed by atoms with E-state index in [2.05, 4.69) is 0 Å². The summed E-state index contributed by atoms with van der Waals surface area (Å²) < 4.78 is 11.3. The molecule has 4 heteroatoms. The summed E-state index contributed by atoms with van der Waals surface area (Å²) in [5, 5.41) is 0. The van der Waals surface area contributed by atoms with E-state index in [0.29, 0.717) is 11.6 Å². The van der Waals surface area contributed by atoms with Gasteiger partial charge in [0.25, 0.3) is 0 Å². The molecule has 0 bridgehead atoms. The molecule has 1 atom stereocenters. The fourth-order valence-corrected chi connectivity index (χ4v) is 2.08. The van der Waals surface area contributed by atoms with E-state index in [9.17, 15) is 0 Å². The quantitative estimate of drug-likeness (QED) is 0.833. The number of rotatable bonds is 4. The van der Waals surface area contributed by atoms with Crippen molar-refractivity contribution in [1.82, 2.24) is 0 Å². The molecule has 0 amide bonds. The summed E-state index contributed by atoms with van der Waals surface area (Å²) in [5.74, 6) is 0.757. The maximum atomic E-state index is 5.77. The lowest BCUT2D eigenvalue weighted by atomic mass is 10.1. The van der Waals surface area contributed by atoms with E-state index in [4.69, 9.17) is 27.4 Å². The Balaban J connectivity index is 2.07. The minimum atomic E-state index is 0.203. The molecule has 1 unspecified atom stereocenters. The van der Waals surface area contributed by atoms with E-state index in [-0.39, 0.29) is 6.10 Å². The van der Waals surface area contributed by atoms with Crippen LogP contribution in [0.3, 0.4) is 0 Å². The third kappa shape index (κ3) is 3.17. The third-order valence-corrected chi connectivity index (χ3v) is 3.07. The molecule has 2 N–H and O–H groups in total. The van der Waals surface area contributed by atoms with Crippen molar-refractivity contribution in [3.63, 3.8) is 0 Å². The van der Waals surface area contributed by atoms with Crippen molar-refractivity contribution in [2.24, 2.45) is 5.73 Å². The van der Waals surface area contributed by atoms with E-state index in [1.165, 1.54) is 0 Å². The van der Waals surface area contributed by atoms with E-state index >= 15 is 0 Å². The van der Waals surface area contributed by atoms with Gasteiger partial charge in [0.15, 0.2) is 0 Å². The van der Waals surface area contributed by atoms with Crippen LogP contribution in [0.25, 0.3) is 0 Å². The molecule has 0 aliphatic carbocycles. The minimum Gasteiger partial charge on any atom is -0.490 e. The highest BCUT2D eigenvalue weighted by Crippen LogP contribution is 2.22. The maximum Gasteiger partial charge on any atom is 0.129 e. The molecule has 1 aliphatic rings. The van der Waals surface area contributed by atoms with Gasteiger partial charge in [-0.1, -0.05) is 18.3 Å². The SMILES string of the molecule is Cc1ccc(C(N)=S)c(OCC2CCCO2)c1. The lowest BCUT2D eigenvalue weighted by Crippen LogP contribution is -2.18. The van der Waals surface area contributed by atoms with Gasteiger partial charge in [0, 0.05) is 6.61 Å². The van der Waals surface area contributed by atoms with Crippen molar-refractivity contribution in [2.45, 2.75) is 25.9 Å². The van der Waals surface area contributed by atoms with E-state index in [1.807, 2.05) is 25.1 Å². The second-order valence-electron chi connectivity index (χ2n) is 4.31. The molecule has 1 aliphatic heterocycles. The molecule has 1 aromatic carbocycles. The van der Waals surface area contributed by atoms with Crippen molar-refractivity contribution in [2.75, 3.05) is 13.2 Å². The van der Waals surface area contributed by atoms with Gasteiger partial charge >= 0.3 is 0 Å². The summed E-state index contributed by atoms with van der Waals surface area (Å²) in [7, 11) is 0. The van der Waals surface area contributed by atoms with Gasteiger partial charge in [0.05, 0.1) is 11.7 Å². The summed E-state index contributed by atoms with van der Waals surface area (Å²) >= 11 is 5.01. The molecule has 0 aromatic heterocycles. The van der Waals surface area contributed by atoms with Crippen LogP contribution in [0.4, 0.5) is 0 Å². The first-order chi connectivity index (χ1) is 8.16. The van der Waals surface area contributed by atoms with Crippen LogP contribution in [-0.4, -0.2) is 24.3 Å². The second-order valence-corrected chi connectivity index (χ2v) is 4.75. The van der Waals surface area contributed by atoms with Gasteiger partial charge < -0.3 is 15.2 Å². The first kappa shape index (κ1) is 12.3. The summed E-state index contributed by atoms with van der Waals surface area (Å²) in [5.41, 5.74) is 7.60. The van der Waals surface area contributed by atoms with Crippen LogP contribution in [0.5, 0.6) is 5.75 Å². The van der Waals surface area contributed by atoms with Crippen LogP contribution < -0.4 is 10.5 Å². The van der Waals surface area contributed by atoms with Gasteiger partial charge in [-0.05, 0) is 37.5 Å². The minimum absolute atomic E-state index is 0.203. The highest BCUT2D eigenvalue weighted by molar-refractivity contribution is 7.80. The number of aryl methyl sites for hydroxylation is 1. The van der Waals surface area contributed by atoms with Crippen molar-refractivity contribution in [3.05, 3.63) is 29.3 Å². The highest BCUT2D eigenvalue weighted by Gasteiger charge is 2.17. The molecular weight excluding hydrogens is 234 g/mol. The Bertz CT molecular complexity index is 414. The number of ether oxygens (including phenoxy) is 2. The average molecular weight is 251 g/mol. The zero-order valence-electron chi connectivity index (χ0n) is 9.94. The van der Waals surface area contributed by atoms with Crippen LogP contribution in [0.1, 0.15) is 24.0 Å². The van der Waals surface area contributed by atoms with Crippen molar-refractivity contribution in [1.29, 1.82) is 0 Å². The molecule has 1 fully saturated rings. The van der Waals surface area contributed by atoms with Gasteiger partial charge in [-0.15, -0.1) is 0 Å². The van der Waals surface area contributed by atoms with Crippen LogP contribution in [-0.2, 0) is 4.74 Å². The fourth-order valence-electron chi connectivity index (χ4n) is 1.91. The van der Waals surface area contributed by atoms with E-state index in [1.54, 1.807) is 0 Å².